The molecule has 1 unspecified atom stereocenters. The van der Waals surface area contributed by atoms with E-state index in [1.165, 1.54) is 18.4 Å². The molecule has 3 nitrogen and oxygen atoms in total. The number of unbranched alkanes of at least 4 members (excludes halogenated alkanes) is 1. The van der Waals surface area contributed by atoms with E-state index in [2.05, 4.69) is 19.1 Å². The van der Waals surface area contributed by atoms with Gasteiger partial charge in [0, 0.05) is 5.69 Å². The zero-order valence-corrected chi connectivity index (χ0v) is 9.65. The fourth-order valence-electron chi connectivity index (χ4n) is 1.91. The maximum Gasteiger partial charge on any atom is 0.245 e. The lowest BCUT2D eigenvalue weighted by Crippen LogP contribution is -2.61. The second-order valence-electron chi connectivity index (χ2n) is 4.33. The maximum atomic E-state index is 11.4. The van der Waals surface area contributed by atoms with E-state index in [4.69, 9.17) is 5.73 Å². The number of amides is 1. The number of benzene rings is 1. The molecule has 3 heteroatoms. The van der Waals surface area contributed by atoms with Gasteiger partial charge in [-0.1, -0.05) is 25.5 Å². The van der Waals surface area contributed by atoms with Gasteiger partial charge in [0.05, 0.1) is 6.54 Å². The van der Waals surface area contributed by atoms with Crippen molar-refractivity contribution >= 4 is 11.6 Å². The van der Waals surface area contributed by atoms with Crippen LogP contribution in [-0.4, -0.2) is 18.5 Å². The summed E-state index contributed by atoms with van der Waals surface area (Å²) >= 11 is 0. The number of anilines is 1. The lowest BCUT2D eigenvalue weighted by Gasteiger charge is -2.36. The summed E-state index contributed by atoms with van der Waals surface area (Å²) in [4.78, 5) is 13.2. The van der Waals surface area contributed by atoms with Crippen LogP contribution >= 0.6 is 0 Å². The summed E-state index contributed by atoms with van der Waals surface area (Å²) in [6, 6.07) is 7.92. The van der Waals surface area contributed by atoms with Crippen molar-refractivity contribution in [1.82, 2.24) is 0 Å². The highest BCUT2D eigenvalue weighted by atomic mass is 16.2. The predicted molar refractivity (Wildman–Crippen MR) is 65.4 cm³/mol. The highest BCUT2D eigenvalue weighted by molar-refractivity contribution is 6.03. The van der Waals surface area contributed by atoms with Crippen molar-refractivity contribution in [1.29, 1.82) is 0 Å². The summed E-state index contributed by atoms with van der Waals surface area (Å²) in [6.45, 7) is 2.83. The molecule has 1 aromatic rings. The van der Waals surface area contributed by atoms with Crippen LogP contribution in [0, 0.1) is 0 Å². The molecule has 1 aromatic carbocycles. The van der Waals surface area contributed by atoms with E-state index in [1.807, 2.05) is 12.1 Å². The van der Waals surface area contributed by atoms with E-state index in [1.54, 1.807) is 4.90 Å². The molecule has 86 valence electrons. The number of β-lactam (4-membered cyclic amide) rings is 1. The lowest BCUT2D eigenvalue weighted by atomic mass is 10.0. The van der Waals surface area contributed by atoms with Crippen LogP contribution in [0.15, 0.2) is 24.3 Å². The van der Waals surface area contributed by atoms with Gasteiger partial charge in [-0.05, 0) is 30.5 Å². The number of aryl methyl sites for hydroxylation is 1. The average Bonchev–Trinajstić information content (AvgIpc) is 2.34. The molecule has 1 atom stereocenters. The second kappa shape index (κ2) is 4.66. The molecule has 0 bridgehead atoms. The van der Waals surface area contributed by atoms with Gasteiger partial charge in [0.15, 0.2) is 0 Å². The summed E-state index contributed by atoms with van der Waals surface area (Å²) in [5, 5.41) is 0. The van der Waals surface area contributed by atoms with E-state index >= 15 is 0 Å². The molecular weight excluding hydrogens is 200 g/mol. The monoisotopic (exact) mass is 218 g/mol. The number of hydrogen-bond acceptors (Lipinski definition) is 2. The van der Waals surface area contributed by atoms with Crippen molar-refractivity contribution in [3.63, 3.8) is 0 Å². The van der Waals surface area contributed by atoms with E-state index in [0.29, 0.717) is 6.54 Å². The Labute approximate surface area is 96.2 Å². The summed E-state index contributed by atoms with van der Waals surface area (Å²) in [6.07, 6.45) is 3.54. The zero-order valence-electron chi connectivity index (χ0n) is 9.65. The summed E-state index contributed by atoms with van der Waals surface area (Å²) in [5.74, 6) is 0.0290. The average molecular weight is 218 g/mol. The van der Waals surface area contributed by atoms with Crippen molar-refractivity contribution in [3.8, 4) is 0 Å². The number of carbonyl (C=O) groups is 1. The molecule has 2 N–H and O–H groups in total. The molecule has 16 heavy (non-hydrogen) atoms. The maximum absolute atomic E-state index is 11.4. The minimum atomic E-state index is -0.292. The van der Waals surface area contributed by atoms with E-state index in [0.717, 1.165) is 12.1 Å². The van der Waals surface area contributed by atoms with Gasteiger partial charge in [0.2, 0.25) is 5.91 Å². The van der Waals surface area contributed by atoms with Crippen molar-refractivity contribution in [3.05, 3.63) is 29.8 Å². The summed E-state index contributed by atoms with van der Waals surface area (Å²) < 4.78 is 0. The Kier molecular flexibility index (Phi) is 3.25. The smallest absolute Gasteiger partial charge is 0.245 e. The van der Waals surface area contributed by atoms with E-state index < -0.39 is 0 Å². The van der Waals surface area contributed by atoms with Crippen LogP contribution in [0.1, 0.15) is 25.3 Å². The van der Waals surface area contributed by atoms with E-state index in [-0.39, 0.29) is 11.9 Å². The molecule has 0 aromatic heterocycles. The highest BCUT2D eigenvalue weighted by Crippen LogP contribution is 2.22. The molecule has 1 fully saturated rings. The Bertz CT molecular complexity index is 372. The van der Waals surface area contributed by atoms with Crippen LogP contribution in [0.5, 0.6) is 0 Å². The first kappa shape index (κ1) is 11.1. The Morgan fingerprint density at radius 1 is 1.38 bits per heavy atom. The van der Waals surface area contributed by atoms with Crippen LogP contribution in [0.3, 0.4) is 0 Å². The van der Waals surface area contributed by atoms with Crippen molar-refractivity contribution in [2.24, 2.45) is 5.73 Å². The number of nitrogens with two attached hydrogens (primary N) is 1. The van der Waals surface area contributed by atoms with Crippen molar-refractivity contribution < 1.29 is 4.79 Å². The Balaban J connectivity index is 2.00. The van der Waals surface area contributed by atoms with Crippen LogP contribution in [0.25, 0.3) is 0 Å². The van der Waals surface area contributed by atoms with Gasteiger partial charge >= 0.3 is 0 Å². The molecule has 0 radical (unpaired) electrons. The summed E-state index contributed by atoms with van der Waals surface area (Å²) in [5.41, 5.74) is 7.85. The molecule has 1 saturated heterocycles. The molecule has 1 aliphatic rings. The Hall–Kier alpha value is -1.35. The first-order chi connectivity index (χ1) is 7.72. The molecule has 1 aliphatic heterocycles. The molecule has 0 saturated carbocycles. The molecule has 2 rings (SSSR count). The number of carbonyl (C=O) groups excluding carboxylic acids is 1. The highest BCUT2D eigenvalue weighted by Gasteiger charge is 2.34. The SMILES string of the molecule is CCCCc1ccc(N2CC(N)C2=O)cc1. The molecule has 0 spiro atoms. The third-order valence-electron chi connectivity index (χ3n) is 3.03. The minimum Gasteiger partial charge on any atom is -0.318 e. The number of hydrogen-bond donors (Lipinski definition) is 1. The zero-order chi connectivity index (χ0) is 11.5. The van der Waals surface area contributed by atoms with Crippen LogP contribution in [0.2, 0.25) is 0 Å². The normalized spacial score (nSPS) is 19.8. The quantitative estimate of drug-likeness (QED) is 0.782. The minimum absolute atomic E-state index is 0.0290. The fraction of sp³-hybridized carbons (Fsp3) is 0.462. The molecule has 0 aliphatic carbocycles. The number of nitrogens with zero attached hydrogens (tertiary/aromatic N) is 1. The Morgan fingerprint density at radius 2 is 2.06 bits per heavy atom. The predicted octanol–water partition coefficient (Wildman–Crippen LogP) is 1.70. The Morgan fingerprint density at radius 3 is 2.56 bits per heavy atom. The number of rotatable bonds is 4. The fourth-order valence-corrected chi connectivity index (χ4v) is 1.91. The van der Waals surface area contributed by atoms with Crippen LogP contribution in [0.4, 0.5) is 5.69 Å². The van der Waals surface area contributed by atoms with Crippen molar-refractivity contribution in [2.75, 3.05) is 11.4 Å². The molecule has 1 amide bonds. The molecular formula is C13H18N2O. The van der Waals surface area contributed by atoms with Gasteiger partial charge in [-0.25, -0.2) is 0 Å². The van der Waals surface area contributed by atoms with Gasteiger partial charge in [0.1, 0.15) is 6.04 Å². The summed E-state index contributed by atoms with van der Waals surface area (Å²) in [7, 11) is 0. The third kappa shape index (κ3) is 2.09. The topological polar surface area (TPSA) is 46.3 Å². The molecule has 1 heterocycles. The van der Waals surface area contributed by atoms with Gasteiger partial charge in [0.25, 0.3) is 0 Å². The van der Waals surface area contributed by atoms with Crippen molar-refractivity contribution in [2.45, 2.75) is 32.2 Å². The largest absolute Gasteiger partial charge is 0.318 e. The third-order valence-corrected chi connectivity index (χ3v) is 3.03. The second-order valence-corrected chi connectivity index (χ2v) is 4.33. The van der Waals surface area contributed by atoms with Gasteiger partial charge < -0.3 is 10.6 Å². The first-order valence-electron chi connectivity index (χ1n) is 5.88. The lowest BCUT2D eigenvalue weighted by molar-refractivity contribution is -0.123. The van der Waals surface area contributed by atoms with Gasteiger partial charge in [-0.3, -0.25) is 4.79 Å². The van der Waals surface area contributed by atoms with Gasteiger partial charge in [-0.2, -0.15) is 0 Å². The van der Waals surface area contributed by atoms with Crippen LogP contribution in [-0.2, 0) is 11.2 Å². The standard InChI is InChI=1S/C13H18N2O/c1-2-3-4-10-5-7-11(8-6-10)15-9-12(14)13(15)16/h5-8,12H,2-4,9,14H2,1H3. The van der Waals surface area contributed by atoms with E-state index in [9.17, 15) is 4.79 Å². The van der Waals surface area contributed by atoms with Gasteiger partial charge in [-0.15, -0.1) is 0 Å². The van der Waals surface area contributed by atoms with Crippen LogP contribution < -0.4 is 10.6 Å². The first-order valence-corrected chi connectivity index (χ1v) is 5.88.